The van der Waals surface area contributed by atoms with E-state index in [4.69, 9.17) is 77.7 Å². The lowest BCUT2D eigenvalue weighted by molar-refractivity contribution is 0.0247. The van der Waals surface area contributed by atoms with E-state index >= 15 is 0 Å². The molecule has 0 spiro atoms. The van der Waals surface area contributed by atoms with Crippen molar-refractivity contribution < 1.29 is 84.0 Å². The van der Waals surface area contributed by atoms with E-state index in [0.29, 0.717) is 119 Å². The summed E-state index contributed by atoms with van der Waals surface area (Å²) in [6.45, 7) is 14.3. The Bertz CT molecular complexity index is 5200. The summed E-state index contributed by atoms with van der Waals surface area (Å²) in [6.07, 6.45) is 16.8. The van der Waals surface area contributed by atoms with Crippen molar-refractivity contribution in [3.8, 4) is 86.2 Å². The molecule has 0 bridgehead atoms. The van der Waals surface area contributed by atoms with Gasteiger partial charge in [-0.05, 0) is 211 Å². The first kappa shape index (κ1) is 110. The fourth-order valence-electron chi connectivity index (χ4n) is 12.7. The van der Waals surface area contributed by atoms with Gasteiger partial charge >= 0.3 is 0 Å². The van der Waals surface area contributed by atoms with Crippen LogP contribution >= 0.6 is 22.6 Å². The molecule has 136 heavy (non-hydrogen) atoms. The first-order valence-electron chi connectivity index (χ1n) is 45.3. The molecule has 732 valence electrons. The van der Waals surface area contributed by atoms with E-state index in [2.05, 4.69) is 124 Å². The largest absolute Gasteiger partial charge is 0.491 e. The van der Waals surface area contributed by atoms with Crippen molar-refractivity contribution in [2.75, 3.05) is 235 Å². The van der Waals surface area contributed by atoms with Crippen molar-refractivity contribution >= 4 is 55.5 Å². The predicted octanol–water partition coefficient (Wildman–Crippen LogP) is 16.2. The van der Waals surface area contributed by atoms with E-state index < -0.39 is 16.8 Å². The van der Waals surface area contributed by atoms with Crippen LogP contribution in [-0.2, 0) is 52.2 Å². The van der Waals surface area contributed by atoms with Gasteiger partial charge in [-0.25, -0.2) is 18.4 Å². The van der Waals surface area contributed by atoms with Crippen LogP contribution in [0.1, 0.15) is 50.7 Å². The third-order valence-electron chi connectivity index (χ3n) is 20.7. The maximum atomic E-state index is 12.1. The van der Waals surface area contributed by atoms with Gasteiger partial charge in [0.2, 0.25) is 0 Å². The Labute approximate surface area is 815 Å². The Morgan fingerprint density at radius 1 is 0.375 bits per heavy atom. The van der Waals surface area contributed by atoms with Gasteiger partial charge in [0, 0.05) is 105 Å². The molecule has 3 heterocycles. The normalized spacial score (nSPS) is 12.5. The van der Waals surface area contributed by atoms with Gasteiger partial charge in [-0.3, -0.25) is 4.18 Å². The average molecular weight is 2000 g/mol. The van der Waals surface area contributed by atoms with Gasteiger partial charge in [0.25, 0.3) is 10.1 Å². The highest BCUT2D eigenvalue weighted by Gasteiger charge is 2.18. The molecule has 33 heteroatoms. The molecule has 1 fully saturated rings. The quantitative estimate of drug-likeness (QED) is 0.0155. The third-order valence-corrected chi connectivity index (χ3v) is 22.7. The molecule has 9 aromatic carbocycles. The molecule has 13 rings (SSSR count). The van der Waals surface area contributed by atoms with Crippen molar-refractivity contribution in [2.45, 2.75) is 51.3 Å². The highest BCUT2D eigenvalue weighted by atomic mass is 127. The number of rotatable bonds is 49. The number of aryl methyl sites for hydroxylation is 1. The van der Waals surface area contributed by atoms with Crippen molar-refractivity contribution in [1.82, 2.24) is 45.0 Å². The molecule has 30 nitrogen and oxygen atoms in total. The number of terminal acetylenes is 1. The second-order valence-corrected chi connectivity index (χ2v) is 34.6. The van der Waals surface area contributed by atoms with Crippen molar-refractivity contribution in [3.63, 3.8) is 0 Å². The first-order valence-corrected chi connectivity index (χ1v) is 47.8. The minimum absolute atomic E-state index is 0.0267. The van der Waals surface area contributed by atoms with E-state index in [9.17, 15) is 12.8 Å². The minimum Gasteiger partial charge on any atom is -0.491 e. The molecular weight excluding hydrogens is 1870 g/mol. The fourth-order valence-corrected chi connectivity index (χ4v) is 13.9. The Balaban J connectivity index is 0.000000214. The smallest absolute Gasteiger partial charge is 0.297 e. The van der Waals surface area contributed by atoms with Gasteiger partial charge in [0.15, 0.2) is 0 Å². The van der Waals surface area contributed by atoms with Gasteiger partial charge in [-0.15, -0.1) is 21.7 Å². The summed E-state index contributed by atoms with van der Waals surface area (Å²) >= 11 is 2.25. The van der Waals surface area contributed by atoms with Crippen LogP contribution in [0.25, 0.3) is 50.8 Å². The molecule has 1 aliphatic rings. The van der Waals surface area contributed by atoms with Crippen LogP contribution in [0.15, 0.2) is 242 Å². The van der Waals surface area contributed by atoms with Crippen LogP contribution in [0.4, 0.5) is 27.1 Å². The van der Waals surface area contributed by atoms with Gasteiger partial charge in [0.1, 0.15) is 73.2 Å². The molecule has 0 saturated heterocycles. The lowest BCUT2D eigenvalue weighted by Crippen LogP contribution is -2.14. The van der Waals surface area contributed by atoms with E-state index in [-0.39, 0.29) is 37.9 Å². The molecule has 0 radical (unpaired) electrons. The van der Waals surface area contributed by atoms with Crippen LogP contribution in [0, 0.1) is 34.7 Å². The van der Waals surface area contributed by atoms with Crippen LogP contribution in [0.3, 0.4) is 0 Å². The molecule has 3 aromatic heterocycles. The monoisotopic (exact) mass is 2000 g/mol. The first-order chi connectivity index (χ1) is 66.0. The summed E-state index contributed by atoms with van der Waals surface area (Å²) in [5.74, 6) is 7.66. The van der Waals surface area contributed by atoms with Crippen molar-refractivity contribution in [2.24, 2.45) is 11.8 Å². The highest BCUT2D eigenvalue weighted by Crippen LogP contribution is 2.30. The number of benzene rings is 9. The number of aliphatic hydroxyl groups excluding tert-OH is 2. The Morgan fingerprint density at radius 3 is 0.926 bits per heavy atom. The number of halogens is 2. The molecule has 12 aromatic rings. The number of ether oxygens (including phenoxy) is 12. The second kappa shape index (κ2) is 63.0. The minimum atomic E-state index is -3.78. The summed E-state index contributed by atoms with van der Waals surface area (Å²) in [5.41, 5.74) is 14.6. The molecule has 0 unspecified atom stereocenters. The lowest BCUT2D eigenvalue weighted by atomic mass is 9.82. The zero-order chi connectivity index (χ0) is 97.3. The summed E-state index contributed by atoms with van der Waals surface area (Å²) < 4.78 is 112. The van der Waals surface area contributed by atoms with Crippen LogP contribution in [0.5, 0.6) is 23.0 Å². The summed E-state index contributed by atoms with van der Waals surface area (Å²) in [6, 6.07) is 69.7. The molecule has 2 atom stereocenters. The average Bonchev–Trinajstić information content (AvgIpc) is 1.69. The van der Waals surface area contributed by atoms with Crippen molar-refractivity contribution in [1.29, 1.82) is 0 Å². The topological polar surface area (TPSA) is 300 Å². The van der Waals surface area contributed by atoms with Gasteiger partial charge in [-0.2, -0.15) is 8.42 Å². The summed E-state index contributed by atoms with van der Waals surface area (Å²) in [4.78, 5) is 8.34. The molecule has 0 aliphatic heterocycles. The number of aromatic nitrogens is 9. The van der Waals surface area contributed by atoms with E-state index in [0.717, 1.165) is 114 Å². The van der Waals surface area contributed by atoms with E-state index in [1.165, 1.54) is 47.1 Å². The number of anilines is 4. The molecular formula is C103H133FIN13O17S. The molecule has 1 saturated carbocycles. The maximum Gasteiger partial charge on any atom is 0.297 e. The fraction of sp³-hybridized carbons (Fsp3) is 0.398. The van der Waals surface area contributed by atoms with Gasteiger partial charge < -0.3 is 86.7 Å². The van der Waals surface area contributed by atoms with Gasteiger partial charge in [0.05, 0.1) is 166 Å². The highest BCUT2D eigenvalue weighted by molar-refractivity contribution is 14.1. The predicted molar refractivity (Wildman–Crippen MR) is 541 cm³/mol. The Morgan fingerprint density at radius 2 is 0.647 bits per heavy atom. The Hall–Kier alpha value is -11.5. The van der Waals surface area contributed by atoms with Crippen LogP contribution in [-0.4, -0.2) is 279 Å². The molecule has 1 aliphatic carbocycles. The van der Waals surface area contributed by atoms with Crippen LogP contribution in [0.2, 0.25) is 0 Å². The third kappa shape index (κ3) is 41.6. The zero-order valence-electron chi connectivity index (χ0n) is 80.0. The lowest BCUT2D eigenvalue weighted by Gasteiger charge is -2.24. The number of hydrogen-bond acceptors (Lipinski definition) is 27. The van der Waals surface area contributed by atoms with Crippen LogP contribution < -0.4 is 38.5 Å². The number of hydrogen-bond donors (Lipinski definition) is 2. The maximum absolute atomic E-state index is 12.1. The number of aliphatic hydroxyl groups is 2. The molecule has 0 amide bonds. The number of nitrogens with zero attached hydrogens (tertiary/aromatic N) is 13. The summed E-state index contributed by atoms with van der Waals surface area (Å²) in [5, 5.41) is 42.6. The Kier molecular flexibility index (Phi) is 50.9. The van der Waals surface area contributed by atoms with Crippen molar-refractivity contribution in [3.05, 3.63) is 252 Å². The molecule has 2 N–H and O–H groups in total. The van der Waals surface area contributed by atoms with E-state index in [1.54, 1.807) is 26.2 Å². The van der Waals surface area contributed by atoms with E-state index in [1.807, 2.05) is 245 Å². The SMILES string of the molecule is C#Cc1ccc(N(C)C)cc1.CN(C)c1ccc(-c2cn(-c3ccc(OCCOCCOCCF)cc3)nn2)cc1.CN(C)c1ccc(-c2cn(-c3ccc(OCCOCCOCCO)cc3)nn2)cc1.C[C@@H]1CCCC[C@H]1C.Cc1ccc(S(=O)(=O)OCCOCCOCCOc2ccc(-n3cc(-c4ccc(N(C)C)cc4)nn3)cc2)cc1.OCCOCCOCCOc1ccc(I)cc1. The second-order valence-electron chi connectivity index (χ2n) is 31.7. The summed E-state index contributed by atoms with van der Waals surface area (Å²) in [7, 11) is 12.3. The standard InChI is InChI=1S/C29H34N4O6S.C22H27FN4O3.C22H28N4O4.C12H17IO4.C10H11N.C8H16/c1-23-4-14-28(15-5-23)40(34,35)39-21-19-37-17-16-36-18-20-38-27-12-10-26(11-13-27)33-22-29(30-31-33)24-6-8-25(9-7-24)32(2)3;1-26(2)19-5-3-18(4-6-19)22-17-27(25-24-22)20-7-9-21(10-8-20)30-16-15-29-14-13-28-12-11-23;1-25(2)19-5-3-18(4-6-19)22-17-26(24-23-22)20-7-9-21(10-8-20)30-16-15-29-14-13-28-12-11-27;13-11-1-3-12(4-2-11)17-10-9-16-8-7-15-6-5-14;1-4-9-5-7-10(8-6-9)11(2)3;1-7-5-3-4-6-8(7)2/h4-15,22H,16-21H2,1-3H3;3-10,17H,11-16H2,1-2H3;3-10,17,27H,11-16H2,1-2H3;1-4,14H,5-10H2;1,5-8H,2-3H3;7-8H,3-6H2,1-2H3/t;;;;;7-,8-/m.....1/s1. The number of alkyl halides is 1. The zero-order valence-corrected chi connectivity index (χ0v) is 83.0. The van der Waals surface area contributed by atoms with Gasteiger partial charge in [-0.1, -0.05) is 115 Å².